The van der Waals surface area contributed by atoms with Gasteiger partial charge in [0.15, 0.2) is 0 Å². The highest BCUT2D eigenvalue weighted by Gasteiger charge is 2.26. The molecule has 6 nitrogen and oxygen atoms in total. The minimum atomic E-state index is -0.517. The zero-order valence-corrected chi connectivity index (χ0v) is 19.4. The summed E-state index contributed by atoms with van der Waals surface area (Å²) in [6.45, 7) is 7.15. The standard InChI is InChI=1S/C28H29N3O3/c1-3-19(2)28(33)31-17-15-20(16-18-31)25-14-13-24(27(29)32)26(30-25)21-9-11-23(12-10-21)34-22-7-5-4-6-8-22/h4-14,20H,2-3,15-18H2,1H3,(H2,29,32). The van der Waals surface area contributed by atoms with Crippen molar-refractivity contribution >= 4 is 11.8 Å². The van der Waals surface area contributed by atoms with Gasteiger partial charge in [-0.05, 0) is 67.8 Å². The first-order valence-electron chi connectivity index (χ1n) is 11.6. The second-order valence-electron chi connectivity index (χ2n) is 8.46. The molecule has 0 aliphatic carbocycles. The van der Waals surface area contributed by atoms with Crippen molar-refractivity contribution in [3.8, 4) is 22.8 Å². The monoisotopic (exact) mass is 455 g/mol. The van der Waals surface area contributed by atoms with Crippen LogP contribution < -0.4 is 10.5 Å². The number of likely N-dealkylation sites (tertiary alicyclic amines) is 1. The number of nitrogens with two attached hydrogens (primary N) is 1. The molecular weight excluding hydrogens is 426 g/mol. The minimum absolute atomic E-state index is 0.0384. The van der Waals surface area contributed by atoms with Gasteiger partial charge < -0.3 is 15.4 Å². The van der Waals surface area contributed by atoms with Gasteiger partial charge in [-0.3, -0.25) is 14.6 Å². The van der Waals surface area contributed by atoms with Gasteiger partial charge >= 0.3 is 0 Å². The molecule has 3 aromatic rings. The summed E-state index contributed by atoms with van der Waals surface area (Å²) < 4.78 is 5.87. The molecule has 0 atom stereocenters. The Bertz CT molecular complexity index is 1180. The summed E-state index contributed by atoms with van der Waals surface area (Å²) in [4.78, 5) is 31.3. The number of para-hydroxylation sites is 1. The van der Waals surface area contributed by atoms with Gasteiger partial charge in [0.25, 0.3) is 5.91 Å². The van der Waals surface area contributed by atoms with Gasteiger partial charge in [-0.25, -0.2) is 0 Å². The molecule has 2 heterocycles. The van der Waals surface area contributed by atoms with Crippen molar-refractivity contribution in [3.05, 3.63) is 90.1 Å². The number of carbonyl (C=O) groups is 2. The molecule has 1 saturated heterocycles. The second kappa shape index (κ2) is 10.3. The van der Waals surface area contributed by atoms with E-state index in [0.717, 1.165) is 29.8 Å². The van der Waals surface area contributed by atoms with Crippen molar-refractivity contribution in [3.63, 3.8) is 0 Å². The summed E-state index contributed by atoms with van der Waals surface area (Å²) in [6.07, 6.45) is 2.29. The Morgan fingerprint density at radius 3 is 2.26 bits per heavy atom. The van der Waals surface area contributed by atoms with Gasteiger partial charge in [-0.15, -0.1) is 0 Å². The third kappa shape index (κ3) is 5.17. The lowest BCUT2D eigenvalue weighted by molar-refractivity contribution is -0.128. The van der Waals surface area contributed by atoms with Crippen molar-refractivity contribution in [2.75, 3.05) is 13.1 Å². The predicted molar refractivity (Wildman–Crippen MR) is 133 cm³/mol. The van der Waals surface area contributed by atoms with Crippen LogP contribution >= 0.6 is 0 Å². The quantitative estimate of drug-likeness (QED) is 0.489. The Hall–Kier alpha value is -3.93. The molecule has 0 spiro atoms. The fourth-order valence-electron chi connectivity index (χ4n) is 4.18. The lowest BCUT2D eigenvalue weighted by atomic mass is 9.91. The average Bonchev–Trinajstić information content (AvgIpc) is 2.88. The van der Waals surface area contributed by atoms with Crippen molar-refractivity contribution in [2.24, 2.45) is 5.73 Å². The van der Waals surface area contributed by atoms with Crippen LogP contribution in [-0.2, 0) is 4.79 Å². The Balaban J connectivity index is 1.53. The fourth-order valence-corrected chi connectivity index (χ4v) is 4.18. The molecular formula is C28H29N3O3. The zero-order valence-electron chi connectivity index (χ0n) is 19.4. The van der Waals surface area contributed by atoms with E-state index in [1.807, 2.05) is 72.5 Å². The molecule has 0 saturated carbocycles. The average molecular weight is 456 g/mol. The smallest absolute Gasteiger partial charge is 0.250 e. The third-order valence-electron chi connectivity index (χ3n) is 6.22. The second-order valence-corrected chi connectivity index (χ2v) is 8.46. The number of nitrogens with zero attached hydrogens (tertiary/aromatic N) is 2. The van der Waals surface area contributed by atoms with Gasteiger partial charge in [0.05, 0.1) is 11.3 Å². The Kier molecular flexibility index (Phi) is 7.07. The molecule has 0 radical (unpaired) electrons. The number of pyridine rings is 1. The number of hydrogen-bond acceptors (Lipinski definition) is 4. The highest BCUT2D eigenvalue weighted by Crippen LogP contribution is 2.32. The summed E-state index contributed by atoms with van der Waals surface area (Å²) in [7, 11) is 0. The van der Waals surface area contributed by atoms with Crippen LogP contribution in [0.2, 0.25) is 0 Å². The lowest BCUT2D eigenvalue weighted by Crippen LogP contribution is -2.38. The highest BCUT2D eigenvalue weighted by molar-refractivity contribution is 5.98. The summed E-state index contributed by atoms with van der Waals surface area (Å²) in [5.41, 5.74) is 8.94. The Morgan fingerprint density at radius 1 is 1.00 bits per heavy atom. The van der Waals surface area contributed by atoms with E-state index in [4.69, 9.17) is 15.5 Å². The topological polar surface area (TPSA) is 85.5 Å². The number of rotatable bonds is 7. The summed E-state index contributed by atoms with van der Waals surface area (Å²) >= 11 is 0. The van der Waals surface area contributed by atoms with Crippen LogP contribution in [0.1, 0.15) is 48.2 Å². The summed E-state index contributed by atoms with van der Waals surface area (Å²) in [5.74, 6) is 1.17. The zero-order chi connectivity index (χ0) is 24.1. The molecule has 0 unspecified atom stereocenters. The maximum atomic E-state index is 12.4. The van der Waals surface area contributed by atoms with Crippen molar-refractivity contribution in [2.45, 2.75) is 32.1 Å². The maximum absolute atomic E-state index is 12.4. The minimum Gasteiger partial charge on any atom is -0.457 e. The normalized spacial score (nSPS) is 14.0. The number of piperidine rings is 1. The van der Waals surface area contributed by atoms with Crippen molar-refractivity contribution in [1.82, 2.24) is 9.88 Å². The van der Waals surface area contributed by atoms with Crippen LogP contribution in [0.4, 0.5) is 0 Å². The summed E-state index contributed by atoms with van der Waals surface area (Å²) in [5, 5.41) is 0. The van der Waals surface area contributed by atoms with E-state index in [2.05, 4.69) is 6.58 Å². The van der Waals surface area contributed by atoms with Gasteiger partial charge in [0.1, 0.15) is 11.5 Å². The number of aromatic nitrogens is 1. The van der Waals surface area contributed by atoms with Gasteiger partial charge in [0.2, 0.25) is 5.91 Å². The van der Waals surface area contributed by atoms with Crippen LogP contribution in [0.25, 0.3) is 11.3 Å². The molecule has 4 rings (SSSR count). The molecule has 0 bridgehead atoms. The van der Waals surface area contributed by atoms with Crippen molar-refractivity contribution in [1.29, 1.82) is 0 Å². The lowest BCUT2D eigenvalue weighted by Gasteiger charge is -2.32. The van der Waals surface area contributed by atoms with E-state index < -0.39 is 5.91 Å². The first kappa shape index (κ1) is 23.2. The van der Waals surface area contributed by atoms with Gasteiger partial charge in [-0.2, -0.15) is 0 Å². The fraction of sp³-hybridized carbons (Fsp3) is 0.250. The van der Waals surface area contributed by atoms with E-state index in [9.17, 15) is 9.59 Å². The molecule has 174 valence electrons. The number of primary amides is 1. The number of ether oxygens (including phenoxy) is 1. The van der Waals surface area contributed by atoms with Gasteiger partial charge in [0, 0.05) is 35.8 Å². The van der Waals surface area contributed by atoms with Crippen LogP contribution in [0.5, 0.6) is 11.5 Å². The van der Waals surface area contributed by atoms with E-state index >= 15 is 0 Å². The number of hydrogen-bond donors (Lipinski definition) is 1. The van der Waals surface area contributed by atoms with Crippen LogP contribution in [0.3, 0.4) is 0 Å². The highest BCUT2D eigenvalue weighted by atomic mass is 16.5. The molecule has 1 aromatic heterocycles. The molecule has 6 heteroatoms. The Labute approximate surface area is 200 Å². The maximum Gasteiger partial charge on any atom is 0.250 e. The molecule has 2 amide bonds. The van der Waals surface area contributed by atoms with E-state index in [1.54, 1.807) is 6.07 Å². The molecule has 1 aliphatic heterocycles. The number of carbonyl (C=O) groups excluding carboxylic acids is 2. The first-order chi connectivity index (χ1) is 16.5. The SMILES string of the molecule is C=C(CC)C(=O)N1CCC(c2ccc(C(N)=O)c(-c3ccc(Oc4ccccc4)cc3)n2)CC1. The first-order valence-corrected chi connectivity index (χ1v) is 11.6. The van der Waals surface area contributed by atoms with E-state index in [1.165, 1.54) is 0 Å². The van der Waals surface area contributed by atoms with E-state index in [-0.39, 0.29) is 11.8 Å². The predicted octanol–water partition coefficient (Wildman–Crippen LogP) is 5.31. The van der Waals surface area contributed by atoms with Crippen LogP contribution in [0, 0.1) is 0 Å². The molecule has 2 N–H and O–H groups in total. The van der Waals surface area contributed by atoms with E-state index in [0.29, 0.717) is 42.1 Å². The molecule has 1 fully saturated rings. The molecule has 2 aromatic carbocycles. The number of amides is 2. The number of benzene rings is 2. The van der Waals surface area contributed by atoms with Crippen LogP contribution in [0.15, 0.2) is 78.9 Å². The van der Waals surface area contributed by atoms with Gasteiger partial charge in [-0.1, -0.05) is 31.7 Å². The largest absolute Gasteiger partial charge is 0.457 e. The molecule has 34 heavy (non-hydrogen) atoms. The van der Waals surface area contributed by atoms with Crippen LogP contribution in [-0.4, -0.2) is 34.8 Å². The third-order valence-corrected chi connectivity index (χ3v) is 6.22. The molecule has 1 aliphatic rings. The van der Waals surface area contributed by atoms with Crippen molar-refractivity contribution < 1.29 is 14.3 Å². The summed E-state index contributed by atoms with van der Waals surface area (Å²) in [6, 6.07) is 20.7. The Morgan fingerprint density at radius 2 is 1.65 bits per heavy atom.